The van der Waals surface area contributed by atoms with Crippen LogP contribution in [-0.2, 0) is 17.7 Å². The summed E-state index contributed by atoms with van der Waals surface area (Å²) in [6.45, 7) is 6.55. The van der Waals surface area contributed by atoms with E-state index in [4.69, 9.17) is 16.3 Å². The van der Waals surface area contributed by atoms with Crippen molar-refractivity contribution in [2.75, 3.05) is 6.54 Å². The number of ether oxygens (including phenoxy) is 1. The van der Waals surface area contributed by atoms with Crippen molar-refractivity contribution in [3.8, 4) is 0 Å². The molecule has 0 fully saturated rings. The van der Waals surface area contributed by atoms with Crippen LogP contribution in [0.25, 0.3) is 0 Å². The van der Waals surface area contributed by atoms with E-state index in [1.54, 1.807) is 4.90 Å². The van der Waals surface area contributed by atoms with E-state index in [0.717, 1.165) is 11.3 Å². The van der Waals surface area contributed by atoms with Crippen molar-refractivity contribution in [3.05, 3.63) is 16.4 Å². The maximum Gasteiger partial charge on any atom is 0.410 e. The Balaban J connectivity index is 2.16. The van der Waals surface area contributed by atoms with Crippen molar-refractivity contribution >= 4 is 31.3 Å². The van der Waals surface area contributed by atoms with E-state index in [1.807, 2.05) is 28.6 Å². The molecule has 0 bridgehead atoms. The van der Waals surface area contributed by atoms with Gasteiger partial charge in [-0.05, 0) is 20.8 Å². The first-order valence-electron chi connectivity index (χ1n) is 6.26. The molecular formula is C12H17BClN3O2. The fraction of sp³-hybridized carbons (Fsp3) is 0.583. The topological polar surface area (TPSA) is 55.3 Å². The molecule has 0 unspecified atom stereocenters. The lowest BCUT2D eigenvalue weighted by Gasteiger charge is -2.31. The lowest BCUT2D eigenvalue weighted by molar-refractivity contribution is 0.0222. The van der Waals surface area contributed by atoms with Gasteiger partial charge in [-0.15, -0.1) is 0 Å². The number of halogens is 1. The predicted molar refractivity (Wildman–Crippen MR) is 75.6 cm³/mol. The Bertz CT molecular complexity index is 516. The summed E-state index contributed by atoms with van der Waals surface area (Å²) in [7, 11) is 1.81. The number of hydrogen-bond donors (Lipinski definition) is 0. The Labute approximate surface area is 118 Å². The second-order valence-corrected chi connectivity index (χ2v) is 6.00. The molecule has 0 spiro atoms. The summed E-state index contributed by atoms with van der Waals surface area (Å²) in [4.78, 5) is 22.2. The second kappa shape index (κ2) is 5.00. The van der Waals surface area contributed by atoms with Gasteiger partial charge < -0.3 is 9.64 Å². The number of nitrogens with zero attached hydrogens (tertiary/aromatic N) is 3. The van der Waals surface area contributed by atoms with E-state index < -0.39 is 5.60 Å². The fourth-order valence-electron chi connectivity index (χ4n) is 1.97. The summed E-state index contributed by atoms with van der Waals surface area (Å²) in [5.41, 5.74) is 1.92. The largest absolute Gasteiger partial charge is 0.444 e. The van der Waals surface area contributed by atoms with Gasteiger partial charge in [-0.25, -0.2) is 14.8 Å². The van der Waals surface area contributed by atoms with E-state index in [0.29, 0.717) is 30.4 Å². The van der Waals surface area contributed by atoms with E-state index in [-0.39, 0.29) is 6.09 Å². The molecule has 19 heavy (non-hydrogen) atoms. The molecule has 0 atom stereocenters. The zero-order valence-corrected chi connectivity index (χ0v) is 12.4. The molecule has 1 aliphatic rings. The number of carbonyl (C=O) groups is 1. The lowest BCUT2D eigenvalue weighted by Crippen LogP contribution is -2.41. The molecule has 2 rings (SSSR count). The number of aromatic nitrogens is 2. The van der Waals surface area contributed by atoms with Gasteiger partial charge in [-0.3, -0.25) is 0 Å². The van der Waals surface area contributed by atoms with Gasteiger partial charge in [0.15, 0.2) is 7.85 Å². The number of hydrogen-bond acceptors (Lipinski definition) is 4. The minimum atomic E-state index is -0.495. The van der Waals surface area contributed by atoms with Gasteiger partial charge >= 0.3 is 6.09 Å². The minimum absolute atomic E-state index is 0.324. The highest BCUT2D eigenvalue weighted by Gasteiger charge is 2.27. The van der Waals surface area contributed by atoms with Crippen LogP contribution in [0.3, 0.4) is 0 Å². The Kier molecular flexibility index (Phi) is 3.72. The smallest absolute Gasteiger partial charge is 0.410 e. The number of carbonyl (C=O) groups excluding carboxylic acids is 1. The molecule has 7 heteroatoms. The third-order valence-electron chi connectivity index (χ3n) is 2.77. The van der Waals surface area contributed by atoms with Gasteiger partial charge in [0.05, 0.1) is 18.0 Å². The van der Waals surface area contributed by atoms with Gasteiger partial charge in [0.25, 0.3) is 0 Å². The first kappa shape index (κ1) is 14.1. The molecule has 0 aromatic carbocycles. The summed E-state index contributed by atoms with van der Waals surface area (Å²) in [6.07, 6.45) is 0.354. The van der Waals surface area contributed by atoms with E-state index in [2.05, 4.69) is 9.97 Å². The van der Waals surface area contributed by atoms with Crippen molar-refractivity contribution in [1.29, 1.82) is 0 Å². The maximum atomic E-state index is 12.0. The molecule has 0 aliphatic carbocycles. The Morgan fingerprint density at radius 2 is 2.11 bits per heavy atom. The van der Waals surface area contributed by atoms with Crippen LogP contribution in [0.15, 0.2) is 0 Å². The lowest BCUT2D eigenvalue weighted by atomic mass is 10.0. The van der Waals surface area contributed by atoms with Crippen molar-refractivity contribution in [1.82, 2.24) is 14.9 Å². The van der Waals surface area contributed by atoms with Gasteiger partial charge in [0.1, 0.15) is 10.8 Å². The summed E-state index contributed by atoms with van der Waals surface area (Å²) in [5, 5.41) is 0.427. The number of fused-ring (bicyclic) bond motifs is 1. The Morgan fingerprint density at radius 1 is 1.42 bits per heavy atom. The van der Waals surface area contributed by atoms with Crippen LogP contribution in [0.4, 0.5) is 4.79 Å². The standard InChI is InChI=1S/C12H17BClN3O2/c1-12(2,3)19-11(18)17-5-4-8-7(6-17)9(14)16-10(13)15-8/h4-6,13H2,1-3H3. The number of rotatable bonds is 0. The van der Waals surface area contributed by atoms with Crippen LogP contribution in [0.2, 0.25) is 5.15 Å². The summed E-state index contributed by atoms with van der Waals surface area (Å²) < 4.78 is 5.36. The average molecular weight is 282 g/mol. The van der Waals surface area contributed by atoms with Gasteiger partial charge in [0.2, 0.25) is 0 Å². The maximum absolute atomic E-state index is 12.0. The van der Waals surface area contributed by atoms with Crippen LogP contribution in [0.1, 0.15) is 32.0 Å². The molecule has 0 saturated heterocycles. The van der Waals surface area contributed by atoms with Gasteiger partial charge in [-0.2, -0.15) is 0 Å². The fourth-order valence-corrected chi connectivity index (χ4v) is 2.26. The van der Waals surface area contributed by atoms with Crippen LogP contribution in [-0.4, -0.2) is 41.0 Å². The second-order valence-electron chi connectivity index (χ2n) is 5.64. The molecule has 0 saturated carbocycles. The van der Waals surface area contributed by atoms with Crippen LogP contribution in [0, 0.1) is 0 Å². The van der Waals surface area contributed by atoms with E-state index >= 15 is 0 Å². The predicted octanol–water partition coefficient (Wildman–Crippen LogP) is 0.682. The normalized spacial score (nSPS) is 15.1. The molecule has 2 heterocycles. The molecule has 0 radical (unpaired) electrons. The molecule has 1 aliphatic heterocycles. The van der Waals surface area contributed by atoms with Crippen molar-refractivity contribution < 1.29 is 9.53 Å². The molecule has 0 N–H and O–H groups in total. The zero-order valence-electron chi connectivity index (χ0n) is 11.7. The zero-order chi connectivity index (χ0) is 14.2. The first-order valence-corrected chi connectivity index (χ1v) is 6.64. The minimum Gasteiger partial charge on any atom is -0.444 e. The third kappa shape index (κ3) is 3.38. The van der Waals surface area contributed by atoms with Crippen molar-refractivity contribution in [2.45, 2.75) is 39.3 Å². The highest BCUT2D eigenvalue weighted by Crippen LogP contribution is 2.23. The monoisotopic (exact) mass is 281 g/mol. The van der Waals surface area contributed by atoms with Crippen LogP contribution >= 0.6 is 11.6 Å². The van der Waals surface area contributed by atoms with Crippen LogP contribution in [0.5, 0.6) is 0 Å². The summed E-state index contributed by atoms with van der Waals surface area (Å²) in [6, 6.07) is 0. The number of amides is 1. The van der Waals surface area contributed by atoms with Gasteiger partial charge in [0, 0.05) is 18.5 Å². The Morgan fingerprint density at radius 3 is 2.74 bits per heavy atom. The highest BCUT2D eigenvalue weighted by molar-refractivity contribution is 6.33. The average Bonchev–Trinajstić information content (AvgIpc) is 2.25. The quantitative estimate of drug-likeness (QED) is 0.518. The van der Waals surface area contributed by atoms with Crippen molar-refractivity contribution in [3.63, 3.8) is 0 Å². The van der Waals surface area contributed by atoms with E-state index in [9.17, 15) is 4.79 Å². The Hall–Kier alpha value is -1.30. The highest BCUT2D eigenvalue weighted by atomic mass is 35.5. The summed E-state index contributed by atoms with van der Waals surface area (Å²) >= 11 is 6.12. The van der Waals surface area contributed by atoms with Gasteiger partial charge in [-0.1, -0.05) is 11.6 Å². The molecular weight excluding hydrogens is 264 g/mol. The molecule has 5 nitrogen and oxygen atoms in total. The van der Waals surface area contributed by atoms with E-state index in [1.165, 1.54) is 0 Å². The summed E-state index contributed by atoms with van der Waals surface area (Å²) in [5.74, 6) is 0. The molecule has 1 amide bonds. The molecule has 1 aromatic heterocycles. The van der Waals surface area contributed by atoms with Crippen molar-refractivity contribution in [2.24, 2.45) is 0 Å². The van der Waals surface area contributed by atoms with Crippen LogP contribution < -0.4 is 5.72 Å². The molecule has 102 valence electrons. The first-order chi connectivity index (χ1) is 8.76. The molecule has 1 aromatic rings. The third-order valence-corrected chi connectivity index (χ3v) is 3.09. The SMILES string of the molecule is Bc1nc(Cl)c2c(n1)CCN(C(=O)OC(C)(C)C)C2.